The maximum absolute atomic E-state index is 13.1. The summed E-state index contributed by atoms with van der Waals surface area (Å²) in [4.78, 5) is 23.5. The van der Waals surface area contributed by atoms with Crippen LogP contribution in [-0.4, -0.2) is 19.1 Å². The number of benzene rings is 3. The Hall–Kier alpha value is -3.98. The first-order chi connectivity index (χ1) is 14.4. The highest BCUT2D eigenvalue weighted by Crippen LogP contribution is 2.33. The van der Waals surface area contributed by atoms with Gasteiger partial charge in [-0.3, -0.25) is 19.6 Å². The van der Waals surface area contributed by atoms with Crippen molar-refractivity contribution in [2.75, 3.05) is 5.32 Å². The average molecular weight is 421 g/mol. The number of allylic oxidation sites excluding steroid dienone is 1. The first-order valence-electron chi connectivity index (χ1n) is 8.84. The average Bonchev–Trinajstić information content (AvgIpc) is 2.76. The fraction of sp³-hybridized carbons (Fsp3) is 0. The molecule has 0 radical (unpaired) electrons. The third-order valence-corrected chi connectivity index (χ3v) is 5.95. The molecule has 0 saturated carbocycles. The van der Waals surface area contributed by atoms with Crippen molar-refractivity contribution < 1.29 is 18.1 Å². The van der Waals surface area contributed by atoms with Crippen molar-refractivity contribution in [3.8, 4) is 0 Å². The second-order valence-electron chi connectivity index (χ2n) is 6.48. The zero-order valence-corrected chi connectivity index (χ0v) is 16.2. The molecule has 30 heavy (non-hydrogen) atoms. The molecule has 1 aliphatic rings. The standard InChI is InChI=1S/C21H15N3O5S/c25-21(14-6-2-1-3-7-14)20-19(22-15-10-12-16(13-11-15)24(26)27)17-8-4-5-9-18(17)30(28,29)23-20/h1-13,22-23H. The number of carbonyl (C=O) groups excluding carboxylic acids is 1. The Morgan fingerprint density at radius 3 is 2.20 bits per heavy atom. The van der Waals surface area contributed by atoms with Gasteiger partial charge in [0.05, 0.1) is 15.5 Å². The van der Waals surface area contributed by atoms with E-state index in [1.807, 2.05) is 0 Å². The number of nitro groups is 1. The van der Waals surface area contributed by atoms with Crippen molar-refractivity contribution in [3.63, 3.8) is 0 Å². The minimum Gasteiger partial charge on any atom is -0.353 e. The number of nitrogens with one attached hydrogen (secondary N) is 2. The SMILES string of the molecule is O=C(C1=C(Nc2ccc([N+](=O)[O-])cc2)c2ccccc2S(=O)(=O)N1)c1ccccc1. The number of nitro benzene ring substituents is 1. The minimum absolute atomic E-state index is 0.0269. The lowest BCUT2D eigenvalue weighted by Gasteiger charge is -2.25. The smallest absolute Gasteiger partial charge is 0.269 e. The van der Waals surface area contributed by atoms with Crippen LogP contribution in [0.5, 0.6) is 0 Å². The molecule has 0 spiro atoms. The Bertz CT molecular complexity index is 1280. The first kappa shape index (κ1) is 19.3. The zero-order chi connectivity index (χ0) is 21.3. The summed E-state index contributed by atoms with van der Waals surface area (Å²) in [6.07, 6.45) is 0. The van der Waals surface area contributed by atoms with E-state index in [4.69, 9.17) is 0 Å². The van der Waals surface area contributed by atoms with E-state index in [0.717, 1.165) is 0 Å². The summed E-state index contributed by atoms with van der Waals surface area (Å²) in [5.74, 6) is -0.502. The molecule has 0 aliphatic carbocycles. The predicted octanol–water partition coefficient (Wildman–Crippen LogP) is 3.55. The fourth-order valence-corrected chi connectivity index (χ4v) is 4.41. The van der Waals surface area contributed by atoms with Crippen molar-refractivity contribution in [2.45, 2.75) is 4.90 Å². The monoisotopic (exact) mass is 421 g/mol. The fourth-order valence-electron chi connectivity index (χ4n) is 3.12. The molecule has 4 rings (SSSR count). The van der Waals surface area contributed by atoms with E-state index in [2.05, 4.69) is 10.0 Å². The molecule has 0 atom stereocenters. The summed E-state index contributed by atoms with van der Waals surface area (Å²) in [6.45, 7) is 0. The van der Waals surface area contributed by atoms with Gasteiger partial charge in [0, 0.05) is 28.9 Å². The number of nitrogens with zero attached hydrogens (tertiary/aromatic N) is 1. The molecule has 1 aliphatic heterocycles. The maximum atomic E-state index is 13.1. The van der Waals surface area contributed by atoms with Crippen LogP contribution in [0.3, 0.4) is 0 Å². The molecule has 0 unspecified atom stereocenters. The van der Waals surface area contributed by atoms with Gasteiger partial charge in [-0.05, 0) is 18.2 Å². The molecule has 3 aromatic rings. The summed E-state index contributed by atoms with van der Waals surface area (Å²) in [6, 6.07) is 20.2. The third-order valence-electron chi connectivity index (χ3n) is 4.54. The Morgan fingerprint density at radius 2 is 1.53 bits per heavy atom. The topological polar surface area (TPSA) is 118 Å². The van der Waals surface area contributed by atoms with Crippen LogP contribution in [0.15, 0.2) is 89.5 Å². The highest BCUT2D eigenvalue weighted by molar-refractivity contribution is 7.89. The number of rotatable bonds is 5. The normalized spacial score (nSPS) is 14.4. The number of hydrogen-bond donors (Lipinski definition) is 2. The molecule has 3 aromatic carbocycles. The lowest BCUT2D eigenvalue weighted by atomic mass is 10.0. The van der Waals surface area contributed by atoms with E-state index in [1.54, 1.807) is 48.5 Å². The van der Waals surface area contributed by atoms with Gasteiger partial charge in [0.2, 0.25) is 5.78 Å². The van der Waals surface area contributed by atoms with E-state index >= 15 is 0 Å². The van der Waals surface area contributed by atoms with Crippen LogP contribution in [0.2, 0.25) is 0 Å². The van der Waals surface area contributed by atoms with Gasteiger partial charge in [0.15, 0.2) is 0 Å². The van der Waals surface area contributed by atoms with E-state index in [1.165, 1.54) is 30.3 Å². The molecule has 8 nitrogen and oxygen atoms in total. The summed E-state index contributed by atoms with van der Waals surface area (Å²) in [5.41, 5.74) is 1.16. The van der Waals surface area contributed by atoms with Gasteiger partial charge in [-0.2, -0.15) is 0 Å². The van der Waals surface area contributed by atoms with Gasteiger partial charge in [-0.25, -0.2) is 8.42 Å². The zero-order valence-electron chi connectivity index (χ0n) is 15.4. The third kappa shape index (κ3) is 3.53. The number of hydrogen-bond acceptors (Lipinski definition) is 6. The summed E-state index contributed by atoms with van der Waals surface area (Å²) < 4.78 is 27.9. The van der Waals surface area contributed by atoms with Crippen LogP contribution >= 0.6 is 0 Å². The van der Waals surface area contributed by atoms with Crippen molar-refractivity contribution >= 4 is 32.9 Å². The molecule has 150 valence electrons. The molecular formula is C21H15N3O5S. The van der Waals surface area contributed by atoms with Crippen molar-refractivity contribution in [1.82, 2.24) is 4.72 Å². The molecular weight excluding hydrogens is 406 g/mol. The number of anilines is 1. The second-order valence-corrected chi connectivity index (χ2v) is 8.13. The predicted molar refractivity (Wildman–Crippen MR) is 111 cm³/mol. The lowest BCUT2D eigenvalue weighted by molar-refractivity contribution is -0.384. The number of non-ortho nitro benzene ring substituents is 1. The second kappa shape index (κ2) is 7.45. The molecule has 0 bridgehead atoms. The van der Waals surface area contributed by atoms with Gasteiger partial charge in [-0.1, -0.05) is 48.5 Å². The lowest BCUT2D eigenvalue weighted by Crippen LogP contribution is -2.34. The van der Waals surface area contributed by atoms with E-state index in [9.17, 15) is 23.3 Å². The van der Waals surface area contributed by atoms with Crippen molar-refractivity contribution in [1.29, 1.82) is 0 Å². The Labute approximate surface area is 172 Å². The largest absolute Gasteiger partial charge is 0.353 e. The number of fused-ring (bicyclic) bond motifs is 1. The summed E-state index contributed by atoms with van der Waals surface area (Å²) in [7, 11) is -3.95. The molecule has 2 N–H and O–H groups in total. The highest BCUT2D eigenvalue weighted by atomic mass is 32.2. The Morgan fingerprint density at radius 1 is 0.900 bits per heavy atom. The van der Waals surface area contributed by atoms with Crippen molar-refractivity contribution in [2.24, 2.45) is 0 Å². The maximum Gasteiger partial charge on any atom is 0.269 e. The van der Waals surface area contributed by atoms with E-state index in [0.29, 0.717) is 16.8 Å². The molecule has 0 amide bonds. The van der Waals surface area contributed by atoms with Gasteiger partial charge in [-0.15, -0.1) is 0 Å². The first-order valence-corrected chi connectivity index (χ1v) is 10.3. The molecule has 0 aromatic heterocycles. The molecule has 1 heterocycles. The molecule has 0 saturated heterocycles. The van der Waals surface area contributed by atoms with Crippen LogP contribution in [-0.2, 0) is 10.0 Å². The number of carbonyl (C=O) groups is 1. The van der Waals surface area contributed by atoms with Crippen LogP contribution < -0.4 is 10.0 Å². The summed E-state index contributed by atoms with van der Waals surface area (Å²) >= 11 is 0. The van der Waals surface area contributed by atoms with Crippen molar-refractivity contribution in [3.05, 3.63) is 106 Å². The Kier molecular flexibility index (Phi) is 4.80. The van der Waals surface area contributed by atoms with Crippen LogP contribution in [0.1, 0.15) is 15.9 Å². The minimum atomic E-state index is -3.95. The van der Waals surface area contributed by atoms with Gasteiger partial charge in [0.1, 0.15) is 5.70 Å². The van der Waals surface area contributed by atoms with Crippen LogP contribution in [0.25, 0.3) is 5.70 Å². The molecule has 9 heteroatoms. The van der Waals surface area contributed by atoms with Gasteiger partial charge >= 0.3 is 0 Å². The van der Waals surface area contributed by atoms with E-state index in [-0.39, 0.29) is 22.0 Å². The summed E-state index contributed by atoms with van der Waals surface area (Å²) in [5, 5.41) is 13.9. The highest BCUT2D eigenvalue weighted by Gasteiger charge is 2.33. The number of ketones is 1. The van der Waals surface area contributed by atoms with Gasteiger partial charge < -0.3 is 5.32 Å². The van der Waals surface area contributed by atoms with Crippen LogP contribution in [0.4, 0.5) is 11.4 Å². The number of Topliss-reactive ketones (excluding diaryl/α,β-unsaturated/α-hetero) is 1. The van der Waals surface area contributed by atoms with Crippen LogP contribution in [0, 0.1) is 10.1 Å². The Balaban J connectivity index is 1.87. The van der Waals surface area contributed by atoms with E-state index < -0.39 is 20.7 Å². The number of sulfonamides is 1. The quantitative estimate of drug-likeness (QED) is 0.369. The molecule has 0 fully saturated rings. The van der Waals surface area contributed by atoms with Gasteiger partial charge in [0.25, 0.3) is 15.7 Å².